The minimum absolute atomic E-state index is 0.0134. The van der Waals surface area contributed by atoms with E-state index in [-0.39, 0.29) is 29.6 Å². The molecule has 5 N–H and O–H groups in total. The lowest BCUT2D eigenvalue weighted by atomic mass is 10.1. The maximum absolute atomic E-state index is 14.2. The Kier molecular flexibility index (Phi) is 13.0. The van der Waals surface area contributed by atoms with Crippen molar-refractivity contribution in [2.24, 2.45) is 5.73 Å². The van der Waals surface area contributed by atoms with Gasteiger partial charge in [0.15, 0.2) is 0 Å². The fourth-order valence-electron chi connectivity index (χ4n) is 5.56. The SMILES string of the molecule is COc1ccc2ccc(S(=O)(=O)N(CC(=O)NCCCc3ccccc3)[C@H]3CCN(Cc4cccc(C(=N)N)c4)C3=O)cc2c1.O=C(O)C(F)(F)F. The Balaban J connectivity index is 0.000000785. The monoisotopic (exact) mass is 741 g/mol. The Bertz CT molecular complexity index is 2030. The van der Waals surface area contributed by atoms with Crippen LogP contribution >= 0.6 is 0 Å². The Morgan fingerprint density at radius 3 is 2.33 bits per heavy atom. The number of benzene rings is 4. The van der Waals surface area contributed by atoms with Gasteiger partial charge in [0.2, 0.25) is 21.8 Å². The molecular formula is C36H38F3N5O7S. The van der Waals surface area contributed by atoms with Crippen LogP contribution in [0.25, 0.3) is 10.8 Å². The lowest BCUT2D eigenvalue weighted by molar-refractivity contribution is -0.192. The largest absolute Gasteiger partial charge is 0.497 e. The number of sulfonamides is 1. The molecule has 0 bridgehead atoms. The molecule has 1 aliphatic heterocycles. The normalized spacial score (nSPS) is 14.5. The second kappa shape index (κ2) is 17.2. The summed E-state index contributed by atoms with van der Waals surface area (Å²) in [6.07, 6.45) is -3.40. The molecule has 5 rings (SSSR count). The number of aliphatic carboxylic acids is 1. The molecule has 4 aromatic carbocycles. The van der Waals surface area contributed by atoms with Crippen LogP contribution in [0.3, 0.4) is 0 Å². The van der Waals surface area contributed by atoms with Crippen LogP contribution in [0.4, 0.5) is 13.2 Å². The van der Waals surface area contributed by atoms with Crippen molar-refractivity contribution < 1.29 is 45.8 Å². The molecule has 0 saturated carbocycles. The summed E-state index contributed by atoms with van der Waals surface area (Å²) in [5, 5.41) is 19.2. The highest BCUT2D eigenvalue weighted by molar-refractivity contribution is 7.89. The van der Waals surface area contributed by atoms with Crippen LogP contribution in [-0.4, -0.2) is 85.3 Å². The number of nitrogens with one attached hydrogen (secondary N) is 2. The van der Waals surface area contributed by atoms with Crippen LogP contribution in [0, 0.1) is 5.41 Å². The third kappa shape index (κ3) is 10.3. The molecule has 4 aromatic rings. The molecule has 2 amide bonds. The third-order valence-electron chi connectivity index (χ3n) is 8.20. The molecule has 0 aromatic heterocycles. The number of amides is 2. The van der Waals surface area contributed by atoms with Gasteiger partial charge in [-0.25, -0.2) is 13.2 Å². The minimum Gasteiger partial charge on any atom is -0.497 e. The minimum atomic E-state index is -5.08. The van der Waals surface area contributed by atoms with E-state index < -0.39 is 40.7 Å². The Hall–Kier alpha value is -5.48. The summed E-state index contributed by atoms with van der Waals surface area (Å²) < 4.78 is 66.5. The molecule has 1 atom stereocenters. The number of carbonyl (C=O) groups excluding carboxylic acids is 2. The number of likely N-dealkylation sites (tertiary alicyclic amines) is 1. The number of hydrogen-bond acceptors (Lipinski definition) is 7. The second-order valence-corrected chi connectivity index (χ2v) is 13.7. The van der Waals surface area contributed by atoms with Crippen molar-refractivity contribution in [3.05, 3.63) is 108 Å². The van der Waals surface area contributed by atoms with Crippen molar-refractivity contribution in [2.75, 3.05) is 26.7 Å². The van der Waals surface area contributed by atoms with Crippen LogP contribution in [0.2, 0.25) is 0 Å². The topological polar surface area (TPSA) is 183 Å². The Labute approximate surface area is 298 Å². The maximum Gasteiger partial charge on any atom is 0.490 e. The summed E-state index contributed by atoms with van der Waals surface area (Å²) in [4.78, 5) is 37.4. The highest BCUT2D eigenvalue weighted by atomic mass is 32.2. The van der Waals surface area contributed by atoms with E-state index in [4.69, 9.17) is 25.8 Å². The van der Waals surface area contributed by atoms with E-state index in [9.17, 15) is 31.2 Å². The van der Waals surface area contributed by atoms with Crippen LogP contribution in [0.5, 0.6) is 5.75 Å². The molecule has 52 heavy (non-hydrogen) atoms. The first-order chi connectivity index (χ1) is 24.6. The van der Waals surface area contributed by atoms with Crippen molar-refractivity contribution in [3.8, 4) is 5.75 Å². The molecular weight excluding hydrogens is 703 g/mol. The number of amidine groups is 1. The number of alkyl halides is 3. The zero-order valence-corrected chi connectivity index (χ0v) is 28.9. The van der Waals surface area contributed by atoms with Crippen LogP contribution in [0.15, 0.2) is 95.9 Å². The summed E-state index contributed by atoms with van der Waals surface area (Å²) in [6.45, 7) is 0.418. The molecule has 1 aliphatic rings. The number of nitrogens with zero attached hydrogens (tertiary/aromatic N) is 2. The van der Waals surface area contributed by atoms with Gasteiger partial charge >= 0.3 is 12.1 Å². The summed E-state index contributed by atoms with van der Waals surface area (Å²) >= 11 is 0. The van der Waals surface area contributed by atoms with E-state index in [0.717, 1.165) is 27.2 Å². The van der Waals surface area contributed by atoms with E-state index in [2.05, 4.69) is 5.32 Å². The number of nitrogens with two attached hydrogens (primary N) is 1. The first-order valence-electron chi connectivity index (χ1n) is 16.0. The van der Waals surface area contributed by atoms with Gasteiger partial charge in [-0.3, -0.25) is 15.0 Å². The quantitative estimate of drug-likeness (QED) is 0.0888. The van der Waals surface area contributed by atoms with Gasteiger partial charge in [0.05, 0.1) is 18.6 Å². The molecule has 0 aliphatic carbocycles. The average Bonchev–Trinajstić information content (AvgIpc) is 3.47. The maximum atomic E-state index is 14.2. The highest BCUT2D eigenvalue weighted by Gasteiger charge is 2.43. The van der Waals surface area contributed by atoms with Crippen LogP contribution < -0.4 is 15.8 Å². The van der Waals surface area contributed by atoms with E-state index in [1.807, 2.05) is 42.5 Å². The van der Waals surface area contributed by atoms with E-state index in [1.54, 1.807) is 47.4 Å². The lowest BCUT2D eigenvalue weighted by Crippen LogP contribution is -2.49. The Morgan fingerprint density at radius 1 is 1.00 bits per heavy atom. The molecule has 276 valence electrons. The predicted molar refractivity (Wildman–Crippen MR) is 187 cm³/mol. The number of ether oxygens (including phenoxy) is 1. The molecule has 0 spiro atoms. The first-order valence-corrected chi connectivity index (χ1v) is 17.5. The molecule has 1 saturated heterocycles. The summed E-state index contributed by atoms with van der Waals surface area (Å²) in [6, 6.07) is 26.0. The third-order valence-corrected chi connectivity index (χ3v) is 10.1. The number of carbonyl (C=O) groups is 3. The van der Waals surface area contributed by atoms with Crippen molar-refractivity contribution in [3.63, 3.8) is 0 Å². The number of nitrogen functional groups attached to an aromatic ring is 1. The van der Waals surface area contributed by atoms with E-state index in [0.29, 0.717) is 36.2 Å². The van der Waals surface area contributed by atoms with Gasteiger partial charge < -0.3 is 25.8 Å². The van der Waals surface area contributed by atoms with Crippen LogP contribution in [-0.2, 0) is 37.4 Å². The van der Waals surface area contributed by atoms with Crippen LogP contribution in [0.1, 0.15) is 29.5 Å². The number of aryl methyl sites for hydroxylation is 1. The first kappa shape index (κ1) is 39.3. The number of carboxylic acids is 1. The molecule has 1 heterocycles. The predicted octanol–water partition coefficient (Wildman–Crippen LogP) is 4.31. The van der Waals surface area contributed by atoms with Crippen molar-refractivity contribution >= 4 is 44.4 Å². The zero-order valence-electron chi connectivity index (χ0n) is 28.1. The van der Waals surface area contributed by atoms with Gasteiger partial charge in [-0.2, -0.15) is 17.5 Å². The van der Waals surface area contributed by atoms with Crippen molar-refractivity contribution in [2.45, 2.75) is 42.9 Å². The molecule has 1 fully saturated rings. The number of methoxy groups -OCH3 is 1. The van der Waals surface area contributed by atoms with Crippen molar-refractivity contribution in [1.82, 2.24) is 14.5 Å². The number of hydrogen-bond donors (Lipinski definition) is 4. The van der Waals surface area contributed by atoms with Gasteiger partial charge in [0.25, 0.3) is 0 Å². The lowest BCUT2D eigenvalue weighted by Gasteiger charge is -2.27. The summed E-state index contributed by atoms with van der Waals surface area (Å²) in [5.74, 6) is -3.12. The smallest absolute Gasteiger partial charge is 0.490 e. The van der Waals surface area contributed by atoms with Gasteiger partial charge in [0.1, 0.15) is 17.6 Å². The number of rotatable bonds is 13. The van der Waals surface area contributed by atoms with Gasteiger partial charge in [-0.15, -0.1) is 0 Å². The summed E-state index contributed by atoms with van der Waals surface area (Å²) in [5.41, 5.74) is 8.09. The standard InChI is InChI=1S/C34H37N5O5S.C2HF3O2/c1-44-29-14-12-26-13-15-30(21-28(26)20-29)45(42,43)39(23-32(40)37-17-6-10-24-7-3-2-4-8-24)31-16-18-38(34(31)41)22-25-9-5-11-27(19-25)33(35)36;3-2(4,5)1(6)7/h2-5,7-9,11-15,19-21,31H,6,10,16-18,22-23H2,1H3,(H3,35,36)(H,37,40);(H,6,7)/t31-;/m0./s1. The van der Waals surface area contributed by atoms with Gasteiger partial charge in [-0.1, -0.05) is 60.7 Å². The highest BCUT2D eigenvalue weighted by Crippen LogP contribution is 2.29. The average molecular weight is 742 g/mol. The Morgan fingerprint density at radius 2 is 1.67 bits per heavy atom. The molecule has 0 radical (unpaired) electrons. The number of fused-ring (bicyclic) bond motifs is 1. The number of halogens is 3. The van der Waals surface area contributed by atoms with Crippen molar-refractivity contribution in [1.29, 1.82) is 5.41 Å². The fourth-order valence-corrected chi connectivity index (χ4v) is 7.16. The summed E-state index contributed by atoms with van der Waals surface area (Å²) in [7, 11) is -2.73. The molecule has 0 unspecified atom stereocenters. The van der Waals surface area contributed by atoms with E-state index >= 15 is 0 Å². The van der Waals surface area contributed by atoms with E-state index in [1.165, 1.54) is 13.2 Å². The second-order valence-electron chi connectivity index (χ2n) is 11.8. The zero-order chi connectivity index (χ0) is 38.1. The molecule has 12 nitrogen and oxygen atoms in total. The fraction of sp³-hybridized carbons (Fsp3) is 0.278. The van der Waals surface area contributed by atoms with Gasteiger partial charge in [-0.05, 0) is 71.5 Å². The number of carboxylic acid groups (broad SMARTS) is 1. The molecule has 16 heteroatoms. The van der Waals surface area contributed by atoms with Gasteiger partial charge in [0, 0.05) is 25.2 Å².